The first-order valence-corrected chi connectivity index (χ1v) is 9.88. The van der Waals surface area contributed by atoms with E-state index in [0.717, 1.165) is 19.3 Å². The monoisotopic (exact) mass is 360 g/mol. The summed E-state index contributed by atoms with van der Waals surface area (Å²) in [5, 5.41) is 28.7. The van der Waals surface area contributed by atoms with Crippen LogP contribution in [0.15, 0.2) is 0 Å². The summed E-state index contributed by atoms with van der Waals surface area (Å²) in [6.45, 7) is 1.79. The molecule has 0 aromatic heterocycles. The van der Waals surface area contributed by atoms with Crippen LogP contribution < -0.4 is 0 Å². The number of hydrogen-bond donors (Lipinski definition) is 3. The summed E-state index contributed by atoms with van der Waals surface area (Å²) >= 11 is 0. The number of carbonyl (C=O) groups excluding carboxylic acids is 1. The molecule has 0 unspecified atom stereocenters. The van der Waals surface area contributed by atoms with Crippen LogP contribution in [0.5, 0.6) is 0 Å². The van der Waals surface area contributed by atoms with Crippen LogP contribution >= 0.6 is 0 Å². The van der Waals surface area contributed by atoms with Gasteiger partial charge in [0, 0.05) is 6.42 Å². The summed E-state index contributed by atoms with van der Waals surface area (Å²) in [4.78, 5) is 11.9. The van der Waals surface area contributed by atoms with E-state index in [1.165, 1.54) is 44.9 Å². The predicted molar refractivity (Wildman–Crippen MR) is 95.2 cm³/mol. The Hall–Kier alpha value is -0.690. The van der Waals surface area contributed by atoms with Crippen molar-refractivity contribution in [2.45, 2.75) is 102 Å². The number of esters is 1. The first-order valence-electron chi connectivity index (χ1n) is 9.88. The summed E-state index contributed by atoms with van der Waals surface area (Å²) < 4.78 is 10.4. The molecular formula is C19H36O6. The van der Waals surface area contributed by atoms with Gasteiger partial charge in [-0.1, -0.05) is 64.7 Å². The number of aliphatic hydroxyl groups is 3. The van der Waals surface area contributed by atoms with Crippen molar-refractivity contribution in [1.29, 1.82) is 0 Å². The number of carbonyl (C=O) groups is 1. The maximum Gasteiger partial charge on any atom is 0.306 e. The van der Waals surface area contributed by atoms with E-state index in [1.54, 1.807) is 0 Å². The van der Waals surface area contributed by atoms with Gasteiger partial charge in [-0.15, -0.1) is 0 Å². The molecule has 0 aromatic rings. The Balaban J connectivity index is 2.08. The summed E-state index contributed by atoms with van der Waals surface area (Å²) in [5.41, 5.74) is 0. The molecule has 1 fully saturated rings. The fraction of sp³-hybridized carbons (Fsp3) is 0.947. The molecule has 6 nitrogen and oxygen atoms in total. The van der Waals surface area contributed by atoms with Crippen LogP contribution in [0.1, 0.15) is 77.6 Å². The van der Waals surface area contributed by atoms with Gasteiger partial charge in [0.2, 0.25) is 0 Å². The fourth-order valence-corrected chi connectivity index (χ4v) is 3.12. The lowest BCUT2D eigenvalue weighted by Crippen LogP contribution is -2.55. The van der Waals surface area contributed by atoms with Gasteiger partial charge in [0.1, 0.15) is 18.3 Å². The second-order valence-electron chi connectivity index (χ2n) is 7.00. The Kier molecular flexibility index (Phi) is 12.1. The molecular weight excluding hydrogens is 324 g/mol. The molecule has 0 amide bonds. The van der Waals surface area contributed by atoms with Crippen molar-refractivity contribution < 1.29 is 29.6 Å². The molecule has 1 saturated heterocycles. The number of aliphatic hydroxyl groups excluding tert-OH is 3. The second kappa shape index (κ2) is 13.5. The van der Waals surface area contributed by atoms with Crippen LogP contribution in [-0.4, -0.2) is 58.9 Å². The van der Waals surface area contributed by atoms with Crippen molar-refractivity contribution in [3.8, 4) is 0 Å². The SMILES string of the molecule is CCCCCCCCCCCCC(=O)O[C@H]1[C@H](O)[C@H](O)CO[C@@H]1CO. The number of unbranched alkanes of at least 4 members (excludes halogenated alkanes) is 9. The highest BCUT2D eigenvalue weighted by Gasteiger charge is 2.41. The van der Waals surface area contributed by atoms with Crippen molar-refractivity contribution in [3.63, 3.8) is 0 Å². The van der Waals surface area contributed by atoms with E-state index in [2.05, 4.69) is 6.92 Å². The molecule has 1 rings (SSSR count). The molecule has 148 valence electrons. The van der Waals surface area contributed by atoms with E-state index in [-0.39, 0.29) is 19.6 Å². The topological polar surface area (TPSA) is 96.2 Å². The van der Waals surface area contributed by atoms with Gasteiger partial charge in [0.15, 0.2) is 6.10 Å². The normalized spacial score (nSPS) is 26.6. The summed E-state index contributed by atoms with van der Waals surface area (Å²) in [6, 6.07) is 0. The second-order valence-corrected chi connectivity index (χ2v) is 7.00. The fourth-order valence-electron chi connectivity index (χ4n) is 3.12. The van der Waals surface area contributed by atoms with Crippen LogP contribution in [0.4, 0.5) is 0 Å². The van der Waals surface area contributed by atoms with Gasteiger partial charge < -0.3 is 24.8 Å². The van der Waals surface area contributed by atoms with E-state index >= 15 is 0 Å². The highest BCUT2D eigenvalue weighted by atomic mass is 16.6. The number of hydrogen-bond acceptors (Lipinski definition) is 6. The number of rotatable bonds is 13. The molecule has 0 radical (unpaired) electrons. The Labute approximate surface area is 151 Å². The summed E-state index contributed by atoms with van der Waals surface area (Å²) in [6.07, 6.45) is 8.06. The van der Waals surface area contributed by atoms with Crippen molar-refractivity contribution in [2.24, 2.45) is 0 Å². The van der Waals surface area contributed by atoms with Crippen molar-refractivity contribution in [2.75, 3.05) is 13.2 Å². The minimum atomic E-state index is -1.22. The van der Waals surface area contributed by atoms with Crippen LogP contribution in [-0.2, 0) is 14.3 Å². The van der Waals surface area contributed by atoms with E-state index in [4.69, 9.17) is 9.47 Å². The molecule has 1 aliphatic rings. The van der Waals surface area contributed by atoms with E-state index in [1.807, 2.05) is 0 Å². The van der Waals surface area contributed by atoms with E-state index in [0.29, 0.717) is 0 Å². The van der Waals surface area contributed by atoms with E-state index < -0.39 is 30.4 Å². The third-order valence-corrected chi connectivity index (χ3v) is 4.76. The molecule has 3 N–H and O–H groups in total. The zero-order valence-electron chi connectivity index (χ0n) is 15.6. The van der Waals surface area contributed by atoms with Crippen LogP contribution in [0, 0.1) is 0 Å². The van der Waals surface area contributed by atoms with Gasteiger partial charge >= 0.3 is 5.97 Å². The van der Waals surface area contributed by atoms with Crippen molar-refractivity contribution >= 4 is 5.97 Å². The predicted octanol–water partition coefficient (Wildman–Crippen LogP) is 2.32. The zero-order valence-corrected chi connectivity index (χ0v) is 15.6. The average molecular weight is 360 g/mol. The summed E-state index contributed by atoms with van der Waals surface area (Å²) in [7, 11) is 0. The molecule has 0 aromatic carbocycles. The minimum absolute atomic E-state index is 0.0705. The molecule has 1 aliphatic heterocycles. The first kappa shape index (κ1) is 22.4. The first-order chi connectivity index (χ1) is 12.1. The maximum absolute atomic E-state index is 11.9. The van der Waals surface area contributed by atoms with Gasteiger partial charge in [-0.3, -0.25) is 4.79 Å². The molecule has 6 heteroatoms. The highest BCUT2D eigenvalue weighted by Crippen LogP contribution is 2.20. The molecule has 4 atom stereocenters. The lowest BCUT2D eigenvalue weighted by Gasteiger charge is -2.36. The Bertz CT molecular complexity index is 347. The van der Waals surface area contributed by atoms with Crippen molar-refractivity contribution in [1.82, 2.24) is 0 Å². The Morgan fingerprint density at radius 3 is 2.12 bits per heavy atom. The van der Waals surface area contributed by atoms with Crippen LogP contribution in [0.25, 0.3) is 0 Å². The standard InChI is InChI=1S/C19H36O6/c1-2-3-4-5-6-7-8-9-10-11-12-17(22)25-19-16(13-20)24-14-15(21)18(19)23/h15-16,18-21,23H,2-14H2,1H3/t15-,16-,18-,19-/m1/s1. The minimum Gasteiger partial charge on any atom is -0.457 e. The Morgan fingerprint density at radius 2 is 1.56 bits per heavy atom. The van der Waals surface area contributed by atoms with Crippen LogP contribution in [0.3, 0.4) is 0 Å². The summed E-state index contributed by atoms with van der Waals surface area (Å²) in [5.74, 6) is -0.417. The lowest BCUT2D eigenvalue weighted by molar-refractivity contribution is -0.213. The van der Waals surface area contributed by atoms with Crippen molar-refractivity contribution in [3.05, 3.63) is 0 Å². The molecule has 0 spiro atoms. The van der Waals surface area contributed by atoms with Gasteiger partial charge in [0.05, 0.1) is 13.2 Å². The van der Waals surface area contributed by atoms with Gasteiger partial charge in [-0.2, -0.15) is 0 Å². The largest absolute Gasteiger partial charge is 0.457 e. The third-order valence-electron chi connectivity index (χ3n) is 4.76. The molecule has 0 aliphatic carbocycles. The molecule has 25 heavy (non-hydrogen) atoms. The molecule has 0 bridgehead atoms. The smallest absolute Gasteiger partial charge is 0.306 e. The zero-order chi connectivity index (χ0) is 18.5. The molecule has 1 heterocycles. The van der Waals surface area contributed by atoms with Gasteiger partial charge in [-0.25, -0.2) is 0 Å². The maximum atomic E-state index is 11.9. The Morgan fingerprint density at radius 1 is 1.00 bits per heavy atom. The van der Waals surface area contributed by atoms with Gasteiger partial charge in [0.25, 0.3) is 0 Å². The average Bonchev–Trinajstić information content (AvgIpc) is 2.61. The van der Waals surface area contributed by atoms with Gasteiger partial charge in [-0.05, 0) is 6.42 Å². The van der Waals surface area contributed by atoms with E-state index in [9.17, 15) is 20.1 Å². The van der Waals surface area contributed by atoms with Crippen LogP contribution in [0.2, 0.25) is 0 Å². The molecule has 0 saturated carbocycles. The third kappa shape index (κ3) is 8.99. The highest BCUT2D eigenvalue weighted by molar-refractivity contribution is 5.69. The number of ether oxygens (including phenoxy) is 2. The quantitative estimate of drug-likeness (QED) is 0.345. The lowest BCUT2D eigenvalue weighted by atomic mass is 10.0.